The highest BCUT2D eigenvalue weighted by Crippen LogP contribution is 2.32. The fourth-order valence-electron chi connectivity index (χ4n) is 2.52. The molecule has 0 saturated heterocycles. The lowest BCUT2D eigenvalue weighted by atomic mass is 9.90. The van der Waals surface area contributed by atoms with Gasteiger partial charge < -0.3 is 5.73 Å². The van der Waals surface area contributed by atoms with Crippen LogP contribution in [0.15, 0.2) is 45.7 Å². The molecule has 0 fully saturated rings. The average molecular weight is 215 g/mol. The van der Waals surface area contributed by atoms with E-state index in [4.69, 9.17) is 5.73 Å². The van der Waals surface area contributed by atoms with Crippen LogP contribution < -0.4 is 5.73 Å². The average Bonchev–Trinajstić information content (AvgIpc) is 2.38. The number of fused-ring (bicyclic) bond motifs is 5. The molecule has 1 heteroatoms. The zero-order chi connectivity index (χ0) is 11.7. The van der Waals surface area contributed by atoms with Crippen LogP contribution in [0, 0.1) is 0 Å². The molecular formula is C15H21N. The molecule has 0 radical (unpaired) electrons. The first-order valence-corrected chi connectivity index (χ1v) is 6.12. The topological polar surface area (TPSA) is 26.0 Å². The fourth-order valence-corrected chi connectivity index (χ4v) is 2.52. The Balaban J connectivity index is 2.65. The van der Waals surface area contributed by atoms with E-state index in [0.717, 1.165) is 18.5 Å². The Morgan fingerprint density at radius 2 is 1.81 bits per heavy atom. The van der Waals surface area contributed by atoms with Gasteiger partial charge in [0.1, 0.15) is 0 Å². The maximum Gasteiger partial charge on any atom is 0.0379 e. The van der Waals surface area contributed by atoms with Crippen LogP contribution in [0.2, 0.25) is 0 Å². The lowest BCUT2D eigenvalue weighted by Crippen LogP contribution is -2.08. The molecule has 86 valence electrons. The lowest BCUT2D eigenvalue weighted by molar-refractivity contribution is 0.800. The second kappa shape index (κ2) is 4.32. The van der Waals surface area contributed by atoms with Crippen LogP contribution in [-0.2, 0) is 0 Å². The summed E-state index contributed by atoms with van der Waals surface area (Å²) >= 11 is 0. The highest BCUT2D eigenvalue weighted by atomic mass is 14.6. The van der Waals surface area contributed by atoms with Crippen LogP contribution >= 0.6 is 0 Å². The maximum atomic E-state index is 6.27. The molecule has 2 N–H and O–H groups in total. The van der Waals surface area contributed by atoms with Gasteiger partial charge >= 0.3 is 0 Å². The zero-order valence-corrected chi connectivity index (χ0v) is 10.6. The van der Waals surface area contributed by atoms with Gasteiger partial charge in [0.05, 0.1) is 0 Å². The maximum absolute atomic E-state index is 6.27. The van der Waals surface area contributed by atoms with Crippen molar-refractivity contribution in [2.45, 2.75) is 46.5 Å². The molecular weight excluding hydrogens is 194 g/mol. The van der Waals surface area contributed by atoms with Crippen molar-refractivity contribution in [3.8, 4) is 0 Å². The first-order valence-electron chi connectivity index (χ1n) is 6.12. The summed E-state index contributed by atoms with van der Waals surface area (Å²) in [6.07, 6.45) is 9.27. The standard InChI is InChI=1S/C15H21N/c1-10-7-8-13-5-4-6-14(9-10)15(16)12(3)11(13)2/h8-9H,4-7,16H2,1-3H3/b10-9-,12-11-,13-8+,15-14-. The van der Waals surface area contributed by atoms with Gasteiger partial charge in [-0.15, -0.1) is 0 Å². The lowest BCUT2D eigenvalue weighted by Gasteiger charge is -2.18. The molecule has 0 atom stereocenters. The van der Waals surface area contributed by atoms with Gasteiger partial charge in [-0.25, -0.2) is 0 Å². The first-order chi connectivity index (χ1) is 7.59. The fraction of sp³-hybridized carbons (Fsp3) is 0.467. The number of rotatable bonds is 0. The van der Waals surface area contributed by atoms with Crippen molar-refractivity contribution in [3.05, 3.63) is 45.7 Å². The molecule has 0 aromatic rings. The highest BCUT2D eigenvalue weighted by Gasteiger charge is 2.15. The molecule has 0 spiro atoms. The third-order valence-electron chi connectivity index (χ3n) is 3.78. The summed E-state index contributed by atoms with van der Waals surface area (Å²) in [7, 11) is 0. The van der Waals surface area contributed by atoms with Crippen LogP contribution in [-0.4, -0.2) is 0 Å². The van der Waals surface area contributed by atoms with E-state index in [-0.39, 0.29) is 0 Å². The predicted molar refractivity (Wildman–Crippen MR) is 69.9 cm³/mol. The van der Waals surface area contributed by atoms with Gasteiger partial charge in [0.15, 0.2) is 0 Å². The summed E-state index contributed by atoms with van der Waals surface area (Å²) in [5.74, 6) is 0. The van der Waals surface area contributed by atoms with Crippen LogP contribution in [0.25, 0.3) is 0 Å². The second-order valence-corrected chi connectivity index (χ2v) is 4.97. The monoisotopic (exact) mass is 215 g/mol. The smallest absolute Gasteiger partial charge is 0.0379 e. The molecule has 3 aliphatic rings. The third-order valence-corrected chi connectivity index (χ3v) is 3.78. The molecule has 0 amide bonds. The Morgan fingerprint density at radius 1 is 1.06 bits per heavy atom. The van der Waals surface area contributed by atoms with E-state index in [0.29, 0.717) is 0 Å². The van der Waals surface area contributed by atoms with E-state index >= 15 is 0 Å². The Hall–Kier alpha value is -1.24. The minimum atomic E-state index is 1.00. The molecule has 0 aromatic heterocycles. The Kier molecular flexibility index (Phi) is 3.04. The van der Waals surface area contributed by atoms with Crippen molar-refractivity contribution in [1.82, 2.24) is 0 Å². The van der Waals surface area contributed by atoms with E-state index in [1.54, 1.807) is 0 Å². The van der Waals surface area contributed by atoms with Crippen molar-refractivity contribution in [1.29, 1.82) is 0 Å². The number of hydrogen-bond acceptors (Lipinski definition) is 1. The summed E-state index contributed by atoms with van der Waals surface area (Å²) in [4.78, 5) is 0. The highest BCUT2D eigenvalue weighted by molar-refractivity contribution is 5.48. The Labute approximate surface area is 98.4 Å². The molecule has 0 heterocycles. The molecule has 16 heavy (non-hydrogen) atoms. The van der Waals surface area contributed by atoms with Gasteiger partial charge in [0, 0.05) is 5.70 Å². The molecule has 0 aliphatic heterocycles. The van der Waals surface area contributed by atoms with Gasteiger partial charge in [-0.05, 0) is 68.7 Å². The van der Waals surface area contributed by atoms with E-state index in [1.165, 1.54) is 40.7 Å². The molecule has 1 nitrogen and oxygen atoms in total. The van der Waals surface area contributed by atoms with E-state index in [1.807, 2.05) is 0 Å². The van der Waals surface area contributed by atoms with Crippen molar-refractivity contribution in [3.63, 3.8) is 0 Å². The molecule has 3 aliphatic carbocycles. The van der Waals surface area contributed by atoms with Crippen molar-refractivity contribution < 1.29 is 0 Å². The van der Waals surface area contributed by atoms with Crippen LogP contribution in [0.3, 0.4) is 0 Å². The second-order valence-electron chi connectivity index (χ2n) is 4.97. The van der Waals surface area contributed by atoms with E-state index in [9.17, 15) is 0 Å². The summed E-state index contributed by atoms with van der Waals surface area (Å²) in [5.41, 5.74) is 14.2. The zero-order valence-electron chi connectivity index (χ0n) is 10.6. The van der Waals surface area contributed by atoms with Crippen LogP contribution in [0.4, 0.5) is 0 Å². The van der Waals surface area contributed by atoms with E-state index in [2.05, 4.69) is 32.9 Å². The molecule has 0 saturated carbocycles. The van der Waals surface area contributed by atoms with Gasteiger partial charge in [0.2, 0.25) is 0 Å². The number of nitrogens with two attached hydrogens (primary N) is 1. The van der Waals surface area contributed by atoms with Gasteiger partial charge in [-0.1, -0.05) is 17.7 Å². The van der Waals surface area contributed by atoms with Gasteiger partial charge in [-0.3, -0.25) is 0 Å². The molecule has 0 aromatic carbocycles. The first kappa shape index (κ1) is 11.3. The minimum absolute atomic E-state index is 1.00. The molecule has 3 rings (SSSR count). The van der Waals surface area contributed by atoms with E-state index < -0.39 is 0 Å². The van der Waals surface area contributed by atoms with Gasteiger partial charge in [0.25, 0.3) is 0 Å². The third kappa shape index (κ3) is 1.99. The quantitative estimate of drug-likeness (QED) is 0.649. The van der Waals surface area contributed by atoms with Crippen molar-refractivity contribution >= 4 is 0 Å². The minimum Gasteiger partial charge on any atom is -0.398 e. The SMILES string of the molecule is C/C1=C/C2=C(N)/C(C)=C(C)\C(=C\C1)CCC2. The van der Waals surface area contributed by atoms with Crippen LogP contribution in [0.1, 0.15) is 46.5 Å². The normalized spacial score (nSPS) is 37.7. The summed E-state index contributed by atoms with van der Waals surface area (Å²) in [6, 6.07) is 0. The predicted octanol–water partition coefficient (Wildman–Crippen LogP) is 4.00. The summed E-state index contributed by atoms with van der Waals surface area (Å²) < 4.78 is 0. The number of hydrogen-bond donors (Lipinski definition) is 1. The number of allylic oxidation sites excluding steroid dienone is 7. The van der Waals surface area contributed by atoms with Crippen molar-refractivity contribution in [2.75, 3.05) is 0 Å². The van der Waals surface area contributed by atoms with Gasteiger partial charge in [-0.2, -0.15) is 0 Å². The van der Waals surface area contributed by atoms with Crippen LogP contribution in [0.5, 0.6) is 0 Å². The summed E-state index contributed by atoms with van der Waals surface area (Å²) in [6.45, 7) is 6.55. The summed E-state index contributed by atoms with van der Waals surface area (Å²) in [5, 5.41) is 0. The Bertz CT molecular complexity index is 430. The van der Waals surface area contributed by atoms with Crippen molar-refractivity contribution in [2.24, 2.45) is 5.73 Å². The molecule has 2 bridgehead atoms. The largest absolute Gasteiger partial charge is 0.398 e. The molecule has 0 unspecified atom stereocenters. The Morgan fingerprint density at radius 3 is 2.56 bits per heavy atom.